The number of hydrazone groups is 1. The van der Waals surface area contributed by atoms with Crippen molar-refractivity contribution in [3.8, 4) is 11.6 Å². The van der Waals surface area contributed by atoms with Crippen LogP contribution in [0.1, 0.15) is 16.1 Å². The summed E-state index contributed by atoms with van der Waals surface area (Å²) in [6.07, 6.45) is 3.30. The highest BCUT2D eigenvalue weighted by molar-refractivity contribution is 7.86. The second kappa shape index (κ2) is 11.0. The lowest BCUT2D eigenvalue weighted by Gasteiger charge is -2.11. The summed E-state index contributed by atoms with van der Waals surface area (Å²) >= 11 is 0. The zero-order valence-corrected chi connectivity index (χ0v) is 22.6. The average Bonchev–Trinajstić information content (AvgIpc) is 3.44. The second-order valence-electron chi connectivity index (χ2n) is 8.24. The zero-order valence-electron chi connectivity index (χ0n) is 21.0. The maximum Gasteiger partial charge on any atom is 0.359 e. The summed E-state index contributed by atoms with van der Waals surface area (Å²) in [5.74, 6) is -4.08. The Morgan fingerprint density at radius 3 is 1.90 bits per heavy atom. The highest BCUT2D eigenvalue weighted by Crippen LogP contribution is 2.29. The van der Waals surface area contributed by atoms with Crippen LogP contribution in [0.5, 0.6) is 5.88 Å². The van der Waals surface area contributed by atoms with Crippen LogP contribution in [0.15, 0.2) is 81.1 Å². The number of anilines is 1. The third-order valence-electron chi connectivity index (χ3n) is 5.64. The lowest BCUT2D eigenvalue weighted by Crippen LogP contribution is -2.22. The molecule has 2 aromatic carbocycles. The minimum atomic E-state index is -4.51. The van der Waals surface area contributed by atoms with Crippen LogP contribution in [-0.2, 0) is 34.6 Å². The molecule has 3 aromatic rings. The number of aromatic carboxylic acids is 1. The lowest BCUT2D eigenvalue weighted by atomic mass is 10.1. The minimum absolute atomic E-state index is 0.0354. The Labute approximate surface area is 236 Å². The second-order valence-corrected chi connectivity index (χ2v) is 11.1. The van der Waals surface area contributed by atoms with Crippen molar-refractivity contribution < 1.29 is 55.3 Å². The first-order chi connectivity index (χ1) is 19.6. The molecule has 0 radical (unpaired) electrons. The van der Waals surface area contributed by atoms with Crippen LogP contribution in [0, 0.1) is 0 Å². The van der Waals surface area contributed by atoms with E-state index in [1.807, 2.05) is 0 Å². The maximum atomic E-state index is 13.1. The van der Waals surface area contributed by atoms with E-state index in [0.717, 1.165) is 83.6 Å². The van der Waals surface area contributed by atoms with Gasteiger partial charge in [-0.05, 0) is 60.7 Å². The fraction of sp³-hybridized carbons (Fsp3) is 0.0417. The summed E-state index contributed by atoms with van der Waals surface area (Å²) in [7, 11) is -7.97. The van der Waals surface area contributed by atoms with Gasteiger partial charge >= 0.3 is 11.9 Å². The number of carbonyl (C=O) groups is 3. The molecule has 0 atom stereocenters. The van der Waals surface area contributed by atoms with Gasteiger partial charge < -0.3 is 14.9 Å². The number of esters is 1. The van der Waals surface area contributed by atoms with E-state index in [0.29, 0.717) is 0 Å². The number of carboxylic acids is 1. The quantitative estimate of drug-likeness (QED) is 0.158. The summed E-state index contributed by atoms with van der Waals surface area (Å²) in [5.41, 5.74) is -1.61. The standard InChI is InChI=1S/C24H18N4O12S2/c1-40-24(33)20-18(22(30)28(26-20)14-7-11-16(12-8-14)42(37,38)39)4-2-3-17-19(23(31)32)25-27(21(17)29)13-5-9-15(10-6-13)41(34,35)36/h2-12,29H,1H3,(H,31,32)(H,34,35,36)(H,37,38,39)/b3-2-,18-4-. The van der Waals surface area contributed by atoms with Crippen LogP contribution in [0.2, 0.25) is 0 Å². The number of carbonyl (C=O) groups excluding carboxylic acids is 2. The van der Waals surface area contributed by atoms with Crippen LogP contribution in [0.4, 0.5) is 5.69 Å². The SMILES string of the molecule is COC(=O)C1=NN(c2ccc(S(=O)(=O)O)cc2)C(=O)/C1=C\C=C/c1c(C(=O)O)nn(-c2ccc(S(=O)(=O)O)cc2)c1O. The molecule has 2 heterocycles. The Morgan fingerprint density at radius 2 is 1.43 bits per heavy atom. The largest absolute Gasteiger partial charge is 0.493 e. The first-order valence-electron chi connectivity index (χ1n) is 11.2. The Hall–Kier alpha value is -5.17. The van der Waals surface area contributed by atoms with Crippen molar-refractivity contribution in [1.29, 1.82) is 0 Å². The molecule has 4 N–H and O–H groups in total. The van der Waals surface area contributed by atoms with Gasteiger partial charge in [-0.1, -0.05) is 6.08 Å². The van der Waals surface area contributed by atoms with E-state index < -0.39 is 65.2 Å². The third kappa shape index (κ3) is 5.81. The number of methoxy groups -OCH3 is 1. The van der Waals surface area contributed by atoms with Gasteiger partial charge in [0.2, 0.25) is 5.88 Å². The van der Waals surface area contributed by atoms with Crippen LogP contribution >= 0.6 is 0 Å². The van der Waals surface area contributed by atoms with Crippen LogP contribution in [0.25, 0.3) is 11.8 Å². The molecular formula is C24H18N4O12S2. The fourth-order valence-corrected chi connectivity index (χ4v) is 4.62. The van der Waals surface area contributed by atoms with Gasteiger partial charge in [0.05, 0.1) is 39.4 Å². The van der Waals surface area contributed by atoms with Gasteiger partial charge in [-0.15, -0.1) is 0 Å². The molecule has 0 aliphatic carbocycles. The van der Waals surface area contributed by atoms with E-state index in [9.17, 15) is 41.4 Å². The Bertz CT molecular complexity index is 1920. The van der Waals surface area contributed by atoms with Gasteiger partial charge in [0.15, 0.2) is 11.4 Å². The number of rotatable bonds is 8. The highest BCUT2D eigenvalue weighted by Gasteiger charge is 2.35. The van der Waals surface area contributed by atoms with E-state index in [2.05, 4.69) is 14.9 Å². The highest BCUT2D eigenvalue weighted by atomic mass is 32.2. The number of ether oxygens (including phenoxy) is 1. The maximum absolute atomic E-state index is 13.1. The summed E-state index contributed by atoms with van der Waals surface area (Å²) in [4.78, 5) is 36.3. The van der Waals surface area contributed by atoms with Crippen molar-refractivity contribution in [3.05, 3.63) is 77.5 Å². The smallest absolute Gasteiger partial charge is 0.359 e. The van der Waals surface area contributed by atoms with Gasteiger partial charge in [-0.3, -0.25) is 13.9 Å². The fourth-order valence-electron chi connectivity index (χ4n) is 3.66. The van der Waals surface area contributed by atoms with Crippen molar-refractivity contribution in [2.45, 2.75) is 9.79 Å². The number of carboxylic acid groups (broad SMARTS) is 1. The molecule has 1 aliphatic rings. The minimum Gasteiger partial charge on any atom is -0.493 e. The summed E-state index contributed by atoms with van der Waals surface area (Å²) in [6.45, 7) is 0. The molecule has 0 unspecified atom stereocenters. The number of aromatic hydroxyl groups is 1. The zero-order chi connectivity index (χ0) is 31.0. The molecular weight excluding hydrogens is 600 g/mol. The number of amides is 1. The summed E-state index contributed by atoms with van der Waals surface area (Å²) < 4.78 is 68.9. The van der Waals surface area contributed by atoms with E-state index >= 15 is 0 Å². The molecule has 0 bridgehead atoms. The first-order valence-corrected chi connectivity index (χ1v) is 14.1. The Balaban J connectivity index is 1.70. The van der Waals surface area contributed by atoms with Gasteiger partial charge in [0.1, 0.15) is 0 Å². The number of hydrogen-bond donors (Lipinski definition) is 4. The van der Waals surface area contributed by atoms with E-state index in [1.54, 1.807) is 0 Å². The predicted molar refractivity (Wildman–Crippen MR) is 142 cm³/mol. The molecule has 16 nitrogen and oxygen atoms in total. The van der Waals surface area contributed by atoms with Crippen molar-refractivity contribution in [2.24, 2.45) is 5.10 Å². The van der Waals surface area contributed by atoms with Crippen LogP contribution in [0.3, 0.4) is 0 Å². The number of allylic oxidation sites excluding steroid dienone is 2. The lowest BCUT2D eigenvalue weighted by molar-refractivity contribution is -0.132. The monoisotopic (exact) mass is 618 g/mol. The molecule has 18 heteroatoms. The molecule has 0 fully saturated rings. The van der Waals surface area contributed by atoms with E-state index in [4.69, 9.17) is 9.11 Å². The molecule has 0 saturated heterocycles. The number of benzene rings is 2. The van der Waals surface area contributed by atoms with Crippen LogP contribution in [-0.4, -0.2) is 76.6 Å². The van der Waals surface area contributed by atoms with Crippen molar-refractivity contribution >= 4 is 55.6 Å². The van der Waals surface area contributed by atoms with E-state index in [-0.39, 0.29) is 22.5 Å². The van der Waals surface area contributed by atoms with Crippen LogP contribution < -0.4 is 5.01 Å². The number of nitrogens with zero attached hydrogens (tertiary/aromatic N) is 4. The van der Waals surface area contributed by atoms with Gasteiger partial charge in [-0.25, -0.2) is 9.59 Å². The van der Waals surface area contributed by atoms with Crippen molar-refractivity contribution in [2.75, 3.05) is 12.1 Å². The summed E-state index contributed by atoms with van der Waals surface area (Å²) in [6, 6.07) is 8.67. The average molecular weight is 619 g/mol. The molecule has 1 aromatic heterocycles. The van der Waals surface area contributed by atoms with Gasteiger partial charge in [-0.2, -0.15) is 36.7 Å². The topological polar surface area (TPSA) is 243 Å². The molecule has 218 valence electrons. The molecule has 0 spiro atoms. The molecule has 1 aliphatic heterocycles. The van der Waals surface area contributed by atoms with E-state index in [1.165, 1.54) is 0 Å². The third-order valence-corrected chi connectivity index (χ3v) is 7.38. The normalized spacial score (nSPS) is 14.9. The van der Waals surface area contributed by atoms with Crippen molar-refractivity contribution in [3.63, 3.8) is 0 Å². The summed E-state index contributed by atoms with van der Waals surface area (Å²) in [5, 5.41) is 28.8. The molecule has 4 rings (SSSR count). The Kier molecular flexibility index (Phi) is 7.81. The predicted octanol–water partition coefficient (Wildman–Crippen LogP) is 1.28. The first kappa shape index (κ1) is 29.8. The molecule has 0 saturated carbocycles. The van der Waals surface area contributed by atoms with Gasteiger partial charge in [0, 0.05) is 0 Å². The number of aromatic nitrogens is 2. The Morgan fingerprint density at radius 1 is 0.905 bits per heavy atom. The van der Waals surface area contributed by atoms with Gasteiger partial charge in [0.25, 0.3) is 26.1 Å². The number of hydrogen-bond acceptors (Lipinski definition) is 11. The molecule has 1 amide bonds. The van der Waals surface area contributed by atoms with Crippen molar-refractivity contribution in [1.82, 2.24) is 9.78 Å². The molecule has 42 heavy (non-hydrogen) atoms.